The fraction of sp³-hybridized carbons (Fsp3) is 0.385. The summed E-state index contributed by atoms with van der Waals surface area (Å²) in [5, 5.41) is 14.1. The molecule has 0 fully saturated rings. The summed E-state index contributed by atoms with van der Waals surface area (Å²) in [6.45, 7) is 3.05. The number of carbonyl (C=O) groups is 1. The number of halogens is 1. The lowest BCUT2D eigenvalue weighted by atomic mass is 10.3. The standard InChI is InChI=1S/C13H15ClN6O/c1-8-9(4-5-10(14)16-8)17-13(21)15-7-12-19-18-11-3-2-6-20(11)12/h4-5H,2-3,6-7H2,1H3,(H2,15,17,21). The Morgan fingerprint density at radius 1 is 1.43 bits per heavy atom. The van der Waals surface area contributed by atoms with Crippen molar-refractivity contribution in [2.45, 2.75) is 32.9 Å². The summed E-state index contributed by atoms with van der Waals surface area (Å²) >= 11 is 5.78. The van der Waals surface area contributed by atoms with Crippen molar-refractivity contribution in [2.75, 3.05) is 5.32 Å². The van der Waals surface area contributed by atoms with Crippen molar-refractivity contribution >= 4 is 23.3 Å². The lowest BCUT2D eigenvalue weighted by molar-refractivity contribution is 0.251. The number of nitrogens with one attached hydrogen (secondary N) is 2. The van der Waals surface area contributed by atoms with E-state index in [4.69, 9.17) is 11.6 Å². The minimum absolute atomic E-state index is 0.308. The first kappa shape index (κ1) is 13.8. The van der Waals surface area contributed by atoms with Gasteiger partial charge in [-0.05, 0) is 25.5 Å². The van der Waals surface area contributed by atoms with Gasteiger partial charge in [-0.3, -0.25) is 0 Å². The van der Waals surface area contributed by atoms with Crippen molar-refractivity contribution in [3.05, 3.63) is 34.6 Å². The molecule has 0 unspecified atom stereocenters. The first-order chi connectivity index (χ1) is 10.1. The van der Waals surface area contributed by atoms with Crippen LogP contribution in [0.2, 0.25) is 5.15 Å². The molecule has 2 amide bonds. The van der Waals surface area contributed by atoms with Crippen LogP contribution in [0.25, 0.3) is 0 Å². The molecule has 0 spiro atoms. The molecule has 0 bridgehead atoms. The quantitative estimate of drug-likeness (QED) is 0.848. The Bertz CT molecular complexity index is 683. The highest BCUT2D eigenvalue weighted by molar-refractivity contribution is 6.29. The van der Waals surface area contributed by atoms with Gasteiger partial charge in [0.05, 0.1) is 17.9 Å². The predicted octanol–water partition coefficient (Wildman–Crippen LogP) is 1.90. The van der Waals surface area contributed by atoms with Crippen LogP contribution >= 0.6 is 11.6 Å². The minimum Gasteiger partial charge on any atom is -0.331 e. The maximum atomic E-state index is 11.9. The molecule has 2 aromatic rings. The summed E-state index contributed by atoms with van der Waals surface area (Å²) in [5.41, 5.74) is 1.30. The first-order valence-electron chi connectivity index (χ1n) is 6.72. The van der Waals surface area contributed by atoms with Crippen molar-refractivity contribution in [3.8, 4) is 0 Å². The van der Waals surface area contributed by atoms with Crippen LogP contribution in [-0.4, -0.2) is 25.8 Å². The smallest absolute Gasteiger partial charge is 0.319 e. The molecule has 7 nitrogen and oxygen atoms in total. The Morgan fingerprint density at radius 3 is 3.10 bits per heavy atom. The molecule has 0 saturated heterocycles. The zero-order valence-corrected chi connectivity index (χ0v) is 12.3. The van der Waals surface area contributed by atoms with E-state index in [1.165, 1.54) is 0 Å². The van der Waals surface area contributed by atoms with Gasteiger partial charge in [-0.15, -0.1) is 10.2 Å². The summed E-state index contributed by atoms with van der Waals surface area (Å²) < 4.78 is 2.05. The molecule has 21 heavy (non-hydrogen) atoms. The molecule has 0 aliphatic carbocycles. The van der Waals surface area contributed by atoms with E-state index >= 15 is 0 Å². The van der Waals surface area contributed by atoms with Gasteiger partial charge in [-0.25, -0.2) is 9.78 Å². The fourth-order valence-corrected chi connectivity index (χ4v) is 2.52. The van der Waals surface area contributed by atoms with Gasteiger partial charge >= 0.3 is 6.03 Å². The minimum atomic E-state index is -0.308. The number of aryl methyl sites for hydroxylation is 2. The molecule has 0 saturated carbocycles. The van der Waals surface area contributed by atoms with Crippen molar-refractivity contribution in [1.82, 2.24) is 25.1 Å². The molecule has 0 radical (unpaired) electrons. The molecular weight excluding hydrogens is 292 g/mol. The van der Waals surface area contributed by atoms with Crippen LogP contribution in [0.3, 0.4) is 0 Å². The monoisotopic (exact) mass is 306 g/mol. The van der Waals surface area contributed by atoms with E-state index in [0.717, 1.165) is 31.0 Å². The number of amides is 2. The highest BCUT2D eigenvalue weighted by Crippen LogP contribution is 2.16. The second-order valence-electron chi connectivity index (χ2n) is 4.86. The molecule has 0 atom stereocenters. The molecule has 2 N–H and O–H groups in total. The fourth-order valence-electron chi connectivity index (χ4n) is 2.33. The van der Waals surface area contributed by atoms with Crippen molar-refractivity contribution in [2.24, 2.45) is 0 Å². The molecule has 3 heterocycles. The SMILES string of the molecule is Cc1nc(Cl)ccc1NC(=O)NCc1nnc2n1CCC2. The number of aromatic nitrogens is 4. The second kappa shape index (κ2) is 5.69. The largest absolute Gasteiger partial charge is 0.331 e. The van der Waals surface area contributed by atoms with Crippen LogP contribution in [0, 0.1) is 6.92 Å². The van der Waals surface area contributed by atoms with Gasteiger partial charge in [0.25, 0.3) is 0 Å². The molecule has 8 heteroatoms. The average molecular weight is 307 g/mol. The Hall–Kier alpha value is -2.15. The molecular formula is C13H15ClN6O. The number of hydrogen-bond donors (Lipinski definition) is 2. The first-order valence-corrected chi connectivity index (χ1v) is 7.10. The van der Waals surface area contributed by atoms with E-state index in [1.807, 2.05) is 0 Å². The molecule has 0 aromatic carbocycles. The summed E-state index contributed by atoms with van der Waals surface area (Å²) in [6.07, 6.45) is 2.04. The van der Waals surface area contributed by atoms with Crippen LogP contribution < -0.4 is 10.6 Å². The third-order valence-corrected chi connectivity index (χ3v) is 3.60. The van der Waals surface area contributed by atoms with Gasteiger partial charge in [-0.2, -0.15) is 0 Å². The van der Waals surface area contributed by atoms with E-state index in [-0.39, 0.29) is 6.03 Å². The normalized spacial score (nSPS) is 13.0. The zero-order chi connectivity index (χ0) is 14.8. The van der Waals surface area contributed by atoms with Gasteiger partial charge in [-0.1, -0.05) is 11.6 Å². The highest BCUT2D eigenvalue weighted by Gasteiger charge is 2.17. The van der Waals surface area contributed by atoms with Gasteiger partial charge in [0.15, 0.2) is 5.82 Å². The lowest BCUT2D eigenvalue weighted by Gasteiger charge is -2.09. The van der Waals surface area contributed by atoms with Crippen LogP contribution in [-0.2, 0) is 19.5 Å². The summed E-state index contributed by atoms with van der Waals surface area (Å²) in [5.74, 6) is 1.77. The van der Waals surface area contributed by atoms with E-state index in [2.05, 4.69) is 30.4 Å². The van der Waals surface area contributed by atoms with Crippen molar-refractivity contribution in [1.29, 1.82) is 0 Å². The number of nitrogens with zero attached hydrogens (tertiary/aromatic N) is 4. The van der Waals surface area contributed by atoms with E-state index < -0.39 is 0 Å². The molecule has 1 aliphatic rings. The van der Waals surface area contributed by atoms with Crippen LogP contribution in [0.1, 0.15) is 23.8 Å². The van der Waals surface area contributed by atoms with Crippen molar-refractivity contribution < 1.29 is 4.79 Å². The number of rotatable bonds is 3. The zero-order valence-electron chi connectivity index (χ0n) is 11.6. The number of pyridine rings is 1. The third-order valence-electron chi connectivity index (χ3n) is 3.39. The van der Waals surface area contributed by atoms with E-state index in [0.29, 0.717) is 23.1 Å². The Morgan fingerprint density at radius 2 is 2.29 bits per heavy atom. The predicted molar refractivity (Wildman–Crippen MR) is 78.2 cm³/mol. The van der Waals surface area contributed by atoms with Gasteiger partial charge in [0.2, 0.25) is 0 Å². The average Bonchev–Trinajstić information content (AvgIpc) is 3.03. The Kier molecular flexibility index (Phi) is 3.74. The summed E-state index contributed by atoms with van der Waals surface area (Å²) in [6, 6.07) is 3.05. The Labute approximate surface area is 126 Å². The van der Waals surface area contributed by atoms with Crippen LogP contribution in [0.15, 0.2) is 12.1 Å². The molecule has 1 aliphatic heterocycles. The van der Waals surface area contributed by atoms with Gasteiger partial charge < -0.3 is 15.2 Å². The van der Waals surface area contributed by atoms with Gasteiger partial charge in [0.1, 0.15) is 11.0 Å². The van der Waals surface area contributed by atoms with Crippen molar-refractivity contribution in [3.63, 3.8) is 0 Å². The lowest BCUT2D eigenvalue weighted by Crippen LogP contribution is -2.29. The Balaban J connectivity index is 1.59. The molecule has 110 valence electrons. The summed E-state index contributed by atoms with van der Waals surface area (Å²) in [7, 11) is 0. The maximum absolute atomic E-state index is 11.9. The molecule has 3 rings (SSSR count). The summed E-state index contributed by atoms with van der Waals surface area (Å²) in [4.78, 5) is 16.0. The van der Waals surface area contributed by atoms with Crippen LogP contribution in [0.5, 0.6) is 0 Å². The number of fused-ring (bicyclic) bond motifs is 1. The second-order valence-corrected chi connectivity index (χ2v) is 5.25. The van der Waals surface area contributed by atoms with E-state index in [9.17, 15) is 4.79 Å². The third kappa shape index (κ3) is 2.97. The van der Waals surface area contributed by atoms with E-state index in [1.54, 1.807) is 19.1 Å². The number of urea groups is 1. The van der Waals surface area contributed by atoms with Crippen LogP contribution in [0.4, 0.5) is 10.5 Å². The molecule has 2 aromatic heterocycles. The highest BCUT2D eigenvalue weighted by atomic mass is 35.5. The van der Waals surface area contributed by atoms with Gasteiger partial charge in [0, 0.05) is 13.0 Å². The number of anilines is 1. The number of carbonyl (C=O) groups excluding carboxylic acids is 1. The maximum Gasteiger partial charge on any atom is 0.319 e. The topological polar surface area (TPSA) is 84.7 Å². The number of hydrogen-bond acceptors (Lipinski definition) is 4.